The second kappa shape index (κ2) is 5.29. The van der Waals surface area contributed by atoms with Gasteiger partial charge in [-0.25, -0.2) is 13.4 Å². The van der Waals surface area contributed by atoms with Gasteiger partial charge in [0.05, 0.1) is 17.3 Å². The third-order valence-corrected chi connectivity index (χ3v) is 6.18. The number of nitrogens with zero attached hydrogens (tertiary/aromatic N) is 3. The molecular weight excluding hydrogens is 304 g/mol. The van der Waals surface area contributed by atoms with Gasteiger partial charge < -0.3 is 10.3 Å². The second-order valence-corrected chi connectivity index (χ2v) is 8.05. The fraction of sp³-hybridized carbons (Fsp3) is 0.571. The SMILES string of the molecule is CCc1noc2ncc(S(=O)(=O)N3CCC(C)(CN)C3)cc12. The van der Waals surface area contributed by atoms with Crippen molar-refractivity contribution >= 4 is 21.1 Å². The van der Waals surface area contributed by atoms with Crippen LogP contribution in [0.15, 0.2) is 21.7 Å². The summed E-state index contributed by atoms with van der Waals surface area (Å²) in [6.45, 7) is 5.35. The van der Waals surface area contributed by atoms with Crippen molar-refractivity contribution in [1.29, 1.82) is 0 Å². The minimum absolute atomic E-state index is 0.156. The molecule has 1 atom stereocenters. The zero-order valence-electron chi connectivity index (χ0n) is 12.7. The number of fused-ring (bicyclic) bond motifs is 1. The Hall–Kier alpha value is -1.51. The monoisotopic (exact) mass is 324 g/mol. The Balaban J connectivity index is 1.99. The number of aryl methyl sites for hydroxylation is 1. The fourth-order valence-corrected chi connectivity index (χ4v) is 4.32. The minimum Gasteiger partial charge on any atom is -0.336 e. The summed E-state index contributed by atoms with van der Waals surface area (Å²) in [5.74, 6) is 0. The molecule has 22 heavy (non-hydrogen) atoms. The average molecular weight is 324 g/mol. The van der Waals surface area contributed by atoms with Gasteiger partial charge in [-0.2, -0.15) is 4.31 Å². The molecule has 1 unspecified atom stereocenters. The van der Waals surface area contributed by atoms with Crippen LogP contribution in [0.3, 0.4) is 0 Å². The van der Waals surface area contributed by atoms with Crippen molar-refractivity contribution in [3.63, 3.8) is 0 Å². The quantitative estimate of drug-likeness (QED) is 0.905. The van der Waals surface area contributed by atoms with Crippen molar-refractivity contribution in [3.05, 3.63) is 18.0 Å². The number of nitrogens with two attached hydrogens (primary N) is 1. The van der Waals surface area contributed by atoms with Crippen LogP contribution in [0.1, 0.15) is 26.0 Å². The van der Waals surface area contributed by atoms with Crippen LogP contribution < -0.4 is 5.73 Å². The third-order valence-electron chi connectivity index (χ3n) is 4.37. The van der Waals surface area contributed by atoms with Crippen LogP contribution in [0, 0.1) is 5.41 Å². The van der Waals surface area contributed by atoms with Crippen LogP contribution in [-0.2, 0) is 16.4 Å². The molecule has 2 aromatic rings. The summed E-state index contributed by atoms with van der Waals surface area (Å²) < 4.78 is 32.2. The third kappa shape index (κ3) is 2.41. The lowest BCUT2D eigenvalue weighted by Gasteiger charge is -2.22. The summed E-state index contributed by atoms with van der Waals surface area (Å²) in [6.07, 6.45) is 2.76. The van der Waals surface area contributed by atoms with E-state index in [1.165, 1.54) is 10.5 Å². The normalized spacial score (nSPS) is 23.4. The second-order valence-electron chi connectivity index (χ2n) is 6.11. The maximum atomic E-state index is 12.8. The van der Waals surface area contributed by atoms with Crippen molar-refractivity contribution < 1.29 is 12.9 Å². The number of aromatic nitrogens is 2. The van der Waals surface area contributed by atoms with Gasteiger partial charge in [0, 0.05) is 13.1 Å². The molecule has 0 bridgehead atoms. The molecule has 1 aliphatic heterocycles. The molecule has 2 N–H and O–H groups in total. The van der Waals surface area contributed by atoms with Crippen LogP contribution in [-0.4, -0.2) is 42.5 Å². The highest BCUT2D eigenvalue weighted by molar-refractivity contribution is 7.89. The molecule has 3 heterocycles. The molecule has 1 aliphatic rings. The van der Waals surface area contributed by atoms with E-state index in [9.17, 15) is 8.42 Å². The first-order chi connectivity index (χ1) is 10.4. The molecule has 1 fully saturated rings. The van der Waals surface area contributed by atoms with Crippen molar-refractivity contribution in [2.45, 2.75) is 31.6 Å². The van der Waals surface area contributed by atoms with Crippen LogP contribution in [0.5, 0.6) is 0 Å². The van der Waals surface area contributed by atoms with Crippen molar-refractivity contribution in [3.8, 4) is 0 Å². The van der Waals surface area contributed by atoms with E-state index >= 15 is 0 Å². The summed E-state index contributed by atoms with van der Waals surface area (Å²) >= 11 is 0. The highest BCUT2D eigenvalue weighted by atomic mass is 32.2. The van der Waals surface area contributed by atoms with Crippen molar-refractivity contribution in [2.24, 2.45) is 11.1 Å². The smallest absolute Gasteiger partial charge is 0.258 e. The van der Waals surface area contributed by atoms with Crippen LogP contribution in [0.2, 0.25) is 0 Å². The van der Waals surface area contributed by atoms with Gasteiger partial charge in [0.15, 0.2) is 0 Å². The molecule has 0 amide bonds. The van der Waals surface area contributed by atoms with Gasteiger partial charge in [-0.1, -0.05) is 19.0 Å². The van der Waals surface area contributed by atoms with E-state index < -0.39 is 10.0 Å². The van der Waals surface area contributed by atoms with Gasteiger partial charge in [-0.05, 0) is 30.9 Å². The number of hydrogen-bond donors (Lipinski definition) is 1. The first kappa shape index (κ1) is 15.4. The number of hydrogen-bond acceptors (Lipinski definition) is 6. The molecule has 2 aromatic heterocycles. The predicted molar refractivity (Wildman–Crippen MR) is 81.7 cm³/mol. The van der Waals surface area contributed by atoms with E-state index in [4.69, 9.17) is 10.3 Å². The molecule has 0 radical (unpaired) electrons. The van der Waals surface area contributed by atoms with E-state index in [1.807, 2.05) is 13.8 Å². The molecule has 0 spiro atoms. The van der Waals surface area contributed by atoms with E-state index in [2.05, 4.69) is 10.1 Å². The summed E-state index contributed by atoms with van der Waals surface area (Å²) in [5, 5.41) is 4.57. The van der Waals surface area contributed by atoms with Crippen LogP contribution in [0.25, 0.3) is 11.1 Å². The molecule has 120 valence electrons. The Morgan fingerprint density at radius 3 is 2.91 bits per heavy atom. The highest BCUT2D eigenvalue weighted by Gasteiger charge is 2.39. The lowest BCUT2D eigenvalue weighted by Crippen LogP contribution is -2.34. The minimum atomic E-state index is -3.57. The Kier molecular flexibility index (Phi) is 3.70. The lowest BCUT2D eigenvalue weighted by atomic mass is 9.90. The molecule has 8 heteroatoms. The molecule has 3 rings (SSSR count). The zero-order chi connectivity index (χ0) is 16.0. The van der Waals surface area contributed by atoms with Crippen molar-refractivity contribution in [1.82, 2.24) is 14.4 Å². The number of pyridine rings is 1. The van der Waals surface area contributed by atoms with Crippen LogP contribution in [0.4, 0.5) is 0 Å². The molecule has 1 saturated heterocycles. The first-order valence-electron chi connectivity index (χ1n) is 7.34. The first-order valence-corrected chi connectivity index (χ1v) is 8.78. The maximum Gasteiger partial charge on any atom is 0.258 e. The van der Waals surface area contributed by atoms with E-state index in [1.54, 1.807) is 6.07 Å². The average Bonchev–Trinajstić information content (AvgIpc) is 3.11. The highest BCUT2D eigenvalue weighted by Crippen LogP contribution is 2.33. The van der Waals surface area contributed by atoms with Gasteiger partial charge in [-0.15, -0.1) is 0 Å². The number of sulfonamides is 1. The molecule has 0 aromatic carbocycles. The molecule has 7 nitrogen and oxygen atoms in total. The van der Waals surface area contributed by atoms with E-state index in [0.717, 1.165) is 6.42 Å². The van der Waals surface area contributed by atoms with E-state index in [-0.39, 0.29) is 10.3 Å². The predicted octanol–water partition coefficient (Wildman–Crippen LogP) is 1.14. The summed E-state index contributed by atoms with van der Waals surface area (Å²) in [4.78, 5) is 4.26. The van der Waals surface area contributed by atoms with Gasteiger partial charge in [0.25, 0.3) is 5.71 Å². The Morgan fingerprint density at radius 2 is 2.27 bits per heavy atom. The molecular formula is C14H20N4O3S. The topological polar surface area (TPSA) is 102 Å². The van der Waals surface area contributed by atoms with Gasteiger partial charge in [0.1, 0.15) is 4.90 Å². The van der Waals surface area contributed by atoms with Crippen molar-refractivity contribution in [2.75, 3.05) is 19.6 Å². The van der Waals surface area contributed by atoms with Gasteiger partial charge in [-0.3, -0.25) is 0 Å². The van der Waals surface area contributed by atoms with Gasteiger partial charge >= 0.3 is 0 Å². The standard InChI is InChI=1S/C14H20N4O3S/c1-3-12-11-6-10(7-16-13(11)21-17-12)22(19,20)18-5-4-14(2,8-15)9-18/h6-7H,3-5,8-9,15H2,1-2H3. The lowest BCUT2D eigenvalue weighted by molar-refractivity contribution is 0.349. The van der Waals surface area contributed by atoms with Gasteiger partial charge in [0.2, 0.25) is 10.0 Å². The summed E-state index contributed by atoms with van der Waals surface area (Å²) in [6, 6.07) is 1.60. The number of rotatable bonds is 4. The summed E-state index contributed by atoms with van der Waals surface area (Å²) in [5.41, 5.74) is 6.68. The Morgan fingerprint density at radius 1 is 1.50 bits per heavy atom. The summed E-state index contributed by atoms with van der Waals surface area (Å²) in [7, 11) is -3.57. The fourth-order valence-electron chi connectivity index (χ4n) is 2.76. The largest absolute Gasteiger partial charge is 0.336 e. The molecule has 0 saturated carbocycles. The Bertz CT molecular complexity index is 802. The Labute approximate surface area is 129 Å². The molecule has 0 aliphatic carbocycles. The zero-order valence-corrected chi connectivity index (χ0v) is 13.6. The van der Waals surface area contributed by atoms with E-state index in [0.29, 0.717) is 42.8 Å². The maximum absolute atomic E-state index is 12.8. The van der Waals surface area contributed by atoms with Crippen LogP contribution >= 0.6 is 0 Å².